The molecule has 0 saturated heterocycles. The molecule has 5 heteroatoms. The van der Waals surface area contributed by atoms with E-state index >= 15 is 0 Å². The van der Waals surface area contributed by atoms with Crippen LogP contribution in [0.5, 0.6) is 11.5 Å². The highest BCUT2D eigenvalue weighted by Crippen LogP contribution is 2.32. The topological polar surface area (TPSA) is 30.5 Å². The molecule has 0 spiro atoms. The maximum Gasteiger partial charge on any atom is 0.387 e. The number of hydrogen-bond donors (Lipinski definition) is 1. The maximum absolute atomic E-state index is 12.4. The van der Waals surface area contributed by atoms with Crippen LogP contribution in [-0.2, 0) is 6.54 Å². The van der Waals surface area contributed by atoms with Gasteiger partial charge < -0.3 is 14.8 Å². The van der Waals surface area contributed by atoms with Gasteiger partial charge >= 0.3 is 6.61 Å². The zero-order chi connectivity index (χ0) is 14.3. The van der Waals surface area contributed by atoms with Crippen molar-refractivity contribution < 1.29 is 18.3 Å². The average molecular weight is 271 g/mol. The van der Waals surface area contributed by atoms with Crippen molar-refractivity contribution in [1.29, 1.82) is 0 Å². The van der Waals surface area contributed by atoms with Crippen LogP contribution in [0.25, 0.3) is 0 Å². The summed E-state index contributed by atoms with van der Waals surface area (Å²) in [4.78, 5) is 0. The summed E-state index contributed by atoms with van der Waals surface area (Å²) < 4.78 is 34.4. The van der Waals surface area contributed by atoms with Crippen molar-refractivity contribution in [2.24, 2.45) is 0 Å². The molecular weight excluding hydrogens is 252 g/mol. The first-order valence-corrected chi connectivity index (χ1v) is 6.03. The predicted molar refractivity (Wildman–Crippen MR) is 70.7 cm³/mol. The van der Waals surface area contributed by atoms with Crippen LogP contribution in [0.15, 0.2) is 30.9 Å². The minimum absolute atomic E-state index is 0.0818. The minimum atomic E-state index is -2.87. The molecule has 0 aliphatic carbocycles. The van der Waals surface area contributed by atoms with Gasteiger partial charge in [0.15, 0.2) is 11.5 Å². The maximum atomic E-state index is 12.4. The number of ether oxygens (including phenoxy) is 2. The van der Waals surface area contributed by atoms with Gasteiger partial charge in [0.05, 0.1) is 7.11 Å². The van der Waals surface area contributed by atoms with E-state index in [4.69, 9.17) is 4.74 Å². The highest BCUT2D eigenvalue weighted by atomic mass is 19.3. The summed E-state index contributed by atoms with van der Waals surface area (Å²) in [5, 5.41) is 3.21. The Morgan fingerprint density at radius 3 is 2.74 bits per heavy atom. The van der Waals surface area contributed by atoms with Gasteiger partial charge in [0.2, 0.25) is 0 Å². The molecule has 1 atom stereocenters. The molecule has 3 nitrogen and oxygen atoms in total. The number of halogens is 2. The Bertz CT molecular complexity index is 410. The van der Waals surface area contributed by atoms with Gasteiger partial charge in [-0.3, -0.25) is 0 Å². The minimum Gasteiger partial charge on any atom is -0.493 e. The summed E-state index contributed by atoms with van der Waals surface area (Å²) >= 11 is 0. The Morgan fingerprint density at radius 1 is 1.42 bits per heavy atom. The fraction of sp³-hybridized carbons (Fsp3) is 0.429. The van der Waals surface area contributed by atoms with E-state index in [-0.39, 0.29) is 11.8 Å². The second kappa shape index (κ2) is 7.74. The lowest BCUT2D eigenvalue weighted by Crippen LogP contribution is -2.25. The summed E-state index contributed by atoms with van der Waals surface area (Å²) in [5.41, 5.74) is 0.635. The summed E-state index contributed by atoms with van der Waals surface area (Å²) in [6, 6.07) is 5.28. The Balaban J connectivity index is 2.83. The standard InChI is InChI=1S/C14H19F2NO2/c1-4-6-10(2)17-9-11-7-5-8-12(18-3)13(11)19-14(15)16/h4-5,7-8,10,14,17H,1,6,9H2,2-3H3. The third-order valence-corrected chi connectivity index (χ3v) is 2.65. The molecule has 1 N–H and O–H groups in total. The molecule has 1 unspecified atom stereocenters. The van der Waals surface area contributed by atoms with E-state index in [1.165, 1.54) is 7.11 Å². The molecule has 1 rings (SSSR count). The van der Waals surface area contributed by atoms with Crippen LogP contribution in [0, 0.1) is 0 Å². The molecule has 0 saturated carbocycles. The number of hydrogen-bond acceptors (Lipinski definition) is 3. The average Bonchev–Trinajstić information content (AvgIpc) is 2.37. The monoisotopic (exact) mass is 271 g/mol. The molecule has 106 valence electrons. The first-order valence-electron chi connectivity index (χ1n) is 6.03. The molecule has 0 aliphatic rings. The van der Waals surface area contributed by atoms with E-state index < -0.39 is 6.61 Å². The highest BCUT2D eigenvalue weighted by Gasteiger charge is 2.15. The van der Waals surface area contributed by atoms with Crippen molar-refractivity contribution in [3.05, 3.63) is 36.4 Å². The first kappa shape index (κ1) is 15.4. The van der Waals surface area contributed by atoms with Gasteiger partial charge in [-0.1, -0.05) is 18.2 Å². The Morgan fingerprint density at radius 2 is 2.16 bits per heavy atom. The Labute approximate surface area is 112 Å². The van der Waals surface area contributed by atoms with Crippen molar-refractivity contribution in [3.63, 3.8) is 0 Å². The van der Waals surface area contributed by atoms with E-state index in [1.807, 2.05) is 6.92 Å². The largest absolute Gasteiger partial charge is 0.493 e. The molecular formula is C14H19F2NO2. The molecule has 1 aromatic rings. The second-order valence-corrected chi connectivity index (χ2v) is 4.13. The van der Waals surface area contributed by atoms with Gasteiger partial charge in [-0.25, -0.2) is 0 Å². The number of para-hydroxylation sites is 1. The van der Waals surface area contributed by atoms with Crippen LogP contribution < -0.4 is 14.8 Å². The van der Waals surface area contributed by atoms with E-state index in [1.54, 1.807) is 24.3 Å². The fourth-order valence-corrected chi connectivity index (χ4v) is 1.70. The molecule has 0 heterocycles. The SMILES string of the molecule is C=CCC(C)NCc1cccc(OC)c1OC(F)F. The van der Waals surface area contributed by atoms with Crippen molar-refractivity contribution >= 4 is 0 Å². The lowest BCUT2D eigenvalue weighted by atomic mass is 10.1. The van der Waals surface area contributed by atoms with Crippen LogP contribution >= 0.6 is 0 Å². The molecule has 0 amide bonds. The Kier molecular flexibility index (Phi) is 6.29. The quantitative estimate of drug-likeness (QED) is 0.735. The van der Waals surface area contributed by atoms with Gasteiger partial charge in [0.1, 0.15) is 0 Å². The molecule has 1 aromatic carbocycles. The smallest absolute Gasteiger partial charge is 0.387 e. The van der Waals surface area contributed by atoms with Crippen LogP contribution in [-0.4, -0.2) is 19.8 Å². The molecule has 19 heavy (non-hydrogen) atoms. The highest BCUT2D eigenvalue weighted by molar-refractivity contribution is 5.46. The van der Waals surface area contributed by atoms with Gasteiger partial charge in [0, 0.05) is 18.2 Å². The van der Waals surface area contributed by atoms with Crippen LogP contribution in [0.1, 0.15) is 18.9 Å². The number of alkyl halides is 2. The van der Waals surface area contributed by atoms with Crippen molar-refractivity contribution in [3.8, 4) is 11.5 Å². The number of nitrogens with one attached hydrogen (secondary N) is 1. The van der Waals surface area contributed by atoms with Crippen LogP contribution in [0.2, 0.25) is 0 Å². The molecule has 0 aromatic heterocycles. The number of methoxy groups -OCH3 is 1. The summed E-state index contributed by atoms with van der Waals surface area (Å²) in [7, 11) is 1.42. The summed E-state index contributed by atoms with van der Waals surface area (Å²) in [5.74, 6) is 0.384. The first-order chi connectivity index (χ1) is 9.08. The lowest BCUT2D eigenvalue weighted by Gasteiger charge is -2.16. The zero-order valence-corrected chi connectivity index (χ0v) is 11.2. The third-order valence-electron chi connectivity index (χ3n) is 2.65. The van der Waals surface area contributed by atoms with Gasteiger partial charge in [-0.2, -0.15) is 8.78 Å². The van der Waals surface area contributed by atoms with Crippen LogP contribution in [0.3, 0.4) is 0 Å². The normalized spacial score (nSPS) is 12.3. The molecule has 0 fully saturated rings. The van der Waals surface area contributed by atoms with Gasteiger partial charge in [-0.15, -0.1) is 6.58 Å². The van der Waals surface area contributed by atoms with Crippen molar-refractivity contribution in [1.82, 2.24) is 5.32 Å². The third kappa shape index (κ3) is 4.87. The van der Waals surface area contributed by atoms with Gasteiger partial charge in [0.25, 0.3) is 0 Å². The predicted octanol–water partition coefficient (Wildman–Crippen LogP) is 3.35. The second-order valence-electron chi connectivity index (χ2n) is 4.13. The fourth-order valence-electron chi connectivity index (χ4n) is 1.70. The van der Waals surface area contributed by atoms with Crippen LogP contribution in [0.4, 0.5) is 8.78 Å². The lowest BCUT2D eigenvalue weighted by molar-refractivity contribution is -0.0518. The van der Waals surface area contributed by atoms with E-state index in [2.05, 4.69) is 16.6 Å². The molecule has 0 bridgehead atoms. The summed E-state index contributed by atoms with van der Waals surface area (Å²) in [6.07, 6.45) is 2.61. The van der Waals surface area contributed by atoms with Crippen molar-refractivity contribution in [2.75, 3.05) is 7.11 Å². The number of rotatable bonds is 8. The van der Waals surface area contributed by atoms with E-state index in [9.17, 15) is 8.78 Å². The Hall–Kier alpha value is -1.62. The van der Waals surface area contributed by atoms with E-state index in [0.717, 1.165) is 6.42 Å². The van der Waals surface area contributed by atoms with E-state index in [0.29, 0.717) is 17.9 Å². The van der Waals surface area contributed by atoms with Crippen molar-refractivity contribution in [2.45, 2.75) is 32.5 Å². The molecule has 0 aliphatic heterocycles. The zero-order valence-electron chi connectivity index (χ0n) is 11.2. The van der Waals surface area contributed by atoms with Gasteiger partial charge in [-0.05, 0) is 19.4 Å². The summed E-state index contributed by atoms with van der Waals surface area (Å²) in [6.45, 7) is 3.20. The molecule has 0 radical (unpaired) electrons. The number of benzene rings is 1.